The highest BCUT2D eigenvalue weighted by Gasteiger charge is 2.25. The standard InChI is InChI=1S/C9H19NS/c1-4-9(2,3)10-5-7-11-8-6-10/h4-8H2,1-3H3. The maximum atomic E-state index is 2.61. The zero-order valence-corrected chi connectivity index (χ0v) is 8.71. The van der Waals surface area contributed by atoms with Crippen molar-refractivity contribution in [3.8, 4) is 0 Å². The van der Waals surface area contributed by atoms with Crippen molar-refractivity contribution in [1.29, 1.82) is 0 Å². The van der Waals surface area contributed by atoms with E-state index in [2.05, 4.69) is 37.4 Å². The van der Waals surface area contributed by atoms with Crippen LogP contribution in [-0.4, -0.2) is 35.0 Å². The Labute approximate surface area is 74.5 Å². The van der Waals surface area contributed by atoms with Crippen LogP contribution in [0.2, 0.25) is 0 Å². The summed E-state index contributed by atoms with van der Waals surface area (Å²) in [5, 5.41) is 0. The van der Waals surface area contributed by atoms with E-state index in [9.17, 15) is 0 Å². The fraction of sp³-hybridized carbons (Fsp3) is 1.00. The second kappa shape index (κ2) is 3.81. The van der Waals surface area contributed by atoms with E-state index in [4.69, 9.17) is 0 Å². The molecule has 0 aromatic heterocycles. The highest BCUT2D eigenvalue weighted by Crippen LogP contribution is 2.22. The molecule has 0 aliphatic carbocycles. The Morgan fingerprint density at radius 1 is 1.27 bits per heavy atom. The van der Waals surface area contributed by atoms with Crippen molar-refractivity contribution in [1.82, 2.24) is 4.90 Å². The third-order valence-corrected chi connectivity index (χ3v) is 3.67. The van der Waals surface area contributed by atoms with E-state index in [1.807, 2.05) is 0 Å². The van der Waals surface area contributed by atoms with Gasteiger partial charge in [-0.15, -0.1) is 0 Å². The largest absolute Gasteiger partial charge is 0.297 e. The molecule has 0 aromatic rings. The minimum atomic E-state index is 0.432. The molecule has 0 amide bonds. The summed E-state index contributed by atoms with van der Waals surface area (Å²) in [6.45, 7) is 9.55. The molecule has 0 bridgehead atoms. The normalized spacial score (nSPS) is 22.1. The smallest absolute Gasteiger partial charge is 0.0151 e. The van der Waals surface area contributed by atoms with Gasteiger partial charge in [0, 0.05) is 30.1 Å². The molecule has 1 saturated heterocycles. The summed E-state index contributed by atoms with van der Waals surface area (Å²) in [5.41, 5.74) is 0.432. The predicted octanol–water partition coefficient (Wildman–Crippen LogP) is 2.22. The Hall–Kier alpha value is 0.310. The molecule has 1 fully saturated rings. The molecule has 1 nitrogen and oxygen atoms in total. The van der Waals surface area contributed by atoms with Crippen molar-refractivity contribution in [2.24, 2.45) is 0 Å². The average Bonchev–Trinajstić information content (AvgIpc) is 2.06. The van der Waals surface area contributed by atoms with Gasteiger partial charge >= 0.3 is 0 Å². The molecule has 0 spiro atoms. The lowest BCUT2D eigenvalue weighted by Gasteiger charge is -2.40. The Bertz CT molecular complexity index is 117. The first-order valence-electron chi connectivity index (χ1n) is 4.49. The number of thioether (sulfide) groups is 1. The molecular formula is C9H19NS. The van der Waals surface area contributed by atoms with Gasteiger partial charge in [0.1, 0.15) is 0 Å². The highest BCUT2D eigenvalue weighted by atomic mass is 32.2. The van der Waals surface area contributed by atoms with Crippen molar-refractivity contribution in [2.75, 3.05) is 24.6 Å². The number of nitrogens with zero attached hydrogens (tertiary/aromatic N) is 1. The first-order chi connectivity index (χ1) is 5.17. The fourth-order valence-corrected chi connectivity index (χ4v) is 2.30. The highest BCUT2D eigenvalue weighted by molar-refractivity contribution is 7.99. The van der Waals surface area contributed by atoms with Crippen molar-refractivity contribution >= 4 is 11.8 Å². The van der Waals surface area contributed by atoms with Crippen LogP contribution in [0.3, 0.4) is 0 Å². The van der Waals surface area contributed by atoms with Crippen molar-refractivity contribution < 1.29 is 0 Å². The molecular weight excluding hydrogens is 154 g/mol. The van der Waals surface area contributed by atoms with Crippen molar-refractivity contribution in [3.63, 3.8) is 0 Å². The summed E-state index contributed by atoms with van der Waals surface area (Å²) >= 11 is 2.08. The molecule has 1 aliphatic heterocycles. The summed E-state index contributed by atoms with van der Waals surface area (Å²) in [6.07, 6.45) is 1.26. The average molecular weight is 173 g/mol. The van der Waals surface area contributed by atoms with Crippen LogP contribution in [0.5, 0.6) is 0 Å². The minimum absolute atomic E-state index is 0.432. The third kappa shape index (κ3) is 2.38. The molecule has 1 heterocycles. The molecule has 0 aromatic carbocycles. The quantitative estimate of drug-likeness (QED) is 0.630. The molecule has 1 aliphatic rings. The van der Waals surface area contributed by atoms with Crippen LogP contribution < -0.4 is 0 Å². The van der Waals surface area contributed by atoms with Crippen LogP contribution in [0.4, 0.5) is 0 Å². The minimum Gasteiger partial charge on any atom is -0.297 e. The van der Waals surface area contributed by atoms with Gasteiger partial charge in [-0.25, -0.2) is 0 Å². The van der Waals surface area contributed by atoms with Gasteiger partial charge in [0.05, 0.1) is 0 Å². The first-order valence-corrected chi connectivity index (χ1v) is 5.65. The summed E-state index contributed by atoms with van der Waals surface area (Å²) < 4.78 is 0. The maximum absolute atomic E-state index is 2.61. The van der Waals surface area contributed by atoms with Gasteiger partial charge in [-0.05, 0) is 20.3 Å². The van der Waals surface area contributed by atoms with E-state index in [-0.39, 0.29) is 0 Å². The van der Waals surface area contributed by atoms with Crippen LogP contribution in [0.15, 0.2) is 0 Å². The second-order valence-electron chi connectivity index (χ2n) is 3.77. The van der Waals surface area contributed by atoms with Gasteiger partial charge in [0.15, 0.2) is 0 Å². The zero-order valence-electron chi connectivity index (χ0n) is 7.89. The number of hydrogen-bond acceptors (Lipinski definition) is 2. The maximum Gasteiger partial charge on any atom is 0.0151 e. The zero-order chi connectivity index (χ0) is 8.32. The molecule has 0 radical (unpaired) electrons. The van der Waals surface area contributed by atoms with E-state index >= 15 is 0 Å². The van der Waals surface area contributed by atoms with Gasteiger partial charge in [0.2, 0.25) is 0 Å². The molecule has 1 rings (SSSR count). The second-order valence-corrected chi connectivity index (χ2v) is 4.99. The monoisotopic (exact) mass is 173 g/mol. The molecule has 0 saturated carbocycles. The van der Waals surface area contributed by atoms with E-state index in [0.29, 0.717) is 5.54 Å². The number of rotatable bonds is 2. The molecule has 0 unspecified atom stereocenters. The topological polar surface area (TPSA) is 3.24 Å². The Kier molecular flexibility index (Phi) is 3.26. The Balaban J connectivity index is 2.43. The predicted molar refractivity (Wildman–Crippen MR) is 53.3 cm³/mol. The Morgan fingerprint density at radius 2 is 1.82 bits per heavy atom. The van der Waals surface area contributed by atoms with Crippen molar-refractivity contribution in [3.05, 3.63) is 0 Å². The lowest BCUT2D eigenvalue weighted by atomic mass is 9.99. The molecule has 0 atom stereocenters. The van der Waals surface area contributed by atoms with E-state index < -0.39 is 0 Å². The van der Waals surface area contributed by atoms with E-state index in [0.717, 1.165) is 0 Å². The van der Waals surface area contributed by atoms with Crippen LogP contribution in [0, 0.1) is 0 Å². The summed E-state index contributed by atoms with van der Waals surface area (Å²) in [5.74, 6) is 2.65. The molecule has 2 heteroatoms. The van der Waals surface area contributed by atoms with Gasteiger partial charge in [-0.1, -0.05) is 6.92 Å². The SMILES string of the molecule is CCC(C)(C)N1CCSCC1. The van der Waals surface area contributed by atoms with Gasteiger partial charge in [-0.3, -0.25) is 4.90 Å². The third-order valence-electron chi connectivity index (χ3n) is 2.73. The van der Waals surface area contributed by atoms with Gasteiger partial charge in [0.25, 0.3) is 0 Å². The van der Waals surface area contributed by atoms with Gasteiger partial charge < -0.3 is 0 Å². The van der Waals surface area contributed by atoms with Crippen LogP contribution in [-0.2, 0) is 0 Å². The molecule has 66 valence electrons. The Morgan fingerprint density at radius 3 is 2.27 bits per heavy atom. The molecule has 0 N–H and O–H groups in total. The van der Waals surface area contributed by atoms with Crippen LogP contribution in [0.25, 0.3) is 0 Å². The van der Waals surface area contributed by atoms with E-state index in [1.54, 1.807) is 0 Å². The van der Waals surface area contributed by atoms with E-state index in [1.165, 1.54) is 31.0 Å². The summed E-state index contributed by atoms with van der Waals surface area (Å²) in [6, 6.07) is 0. The number of hydrogen-bond donors (Lipinski definition) is 0. The fourth-order valence-electron chi connectivity index (χ4n) is 1.39. The van der Waals surface area contributed by atoms with Crippen LogP contribution >= 0.6 is 11.8 Å². The van der Waals surface area contributed by atoms with Crippen LogP contribution in [0.1, 0.15) is 27.2 Å². The summed E-state index contributed by atoms with van der Waals surface area (Å²) in [4.78, 5) is 2.61. The first kappa shape index (κ1) is 9.40. The van der Waals surface area contributed by atoms with Gasteiger partial charge in [-0.2, -0.15) is 11.8 Å². The lowest BCUT2D eigenvalue weighted by molar-refractivity contribution is 0.130. The summed E-state index contributed by atoms with van der Waals surface area (Å²) in [7, 11) is 0. The lowest BCUT2D eigenvalue weighted by Crippen LogP contribution is -2.47. The van der Waals surface area contributed by atoms with Crippen molar-refractivity contribution in [2.45, 2.75) is 32.7 Å². The molecule has 11 heavy (non-hydrogen) atoms.